The first-order valence-electron chi connectivity index (χ1n) is 15.6. The molecule has 0 aromatic heterocycles. The van der Waals surface area contributed by atoms with Gasteiger partial charge < -0.3 is 9.80 Å². The smallest absolute Gasteiger partial charge is 0.342 e. The fraction of sp³-hybridized carbons (Fsp3) is 0.444. The molecule has 0 radical (unpaired) electrons. The number of hydrogen-bond acceptors (Lipinski definition) is 2. The van der Waals surface area contributed by atoms with Crippen molar-refractivity contribution in [3.8, 4) is 0 Å². The van der Waals surface area contributed by atoms with Crippen molar-refractivity contribution >= 4 is 34.6 Å². The van der Waals surface area contributed by atoms with Gasteiger partial charge in [0, 0.05) is 23.7 Å². The molecule has 1 aliphatic rings. The van der Waals surface area contributed by atoms with Gasteiger partial charge >= 0.3 is 12.4 Å². The van der Waals surface area contributed by atoms with E-state index in [1.54, 1.807) is 17.9 Å². The van der Waals surface area contributed by atoms with E-state index in [1.165, 1.54) is 13.0 Å². The predicted octanol–water partition coefficient (Wildman–Crippen LogP) is 11.3. The molecule has 0 bridgehead atoms. The third kappa shape index (κ3) is 8.50. The van der Waals surface area contributed by atoms with Crippen LogP contribution in [-0.2, 0) is 12.4 Å². The fourth-order valence-electron chi connectivity index (χ4n) is 5.94. The molecule has 254 valence electrons. The number of amidine groups is 2. The van der Waals surface area contributed by atoms with Crippen molar-refractivity contribution in [2.75, 3.05) is 19.8 Å². The van der Waals surface area contributed by atoms with Crippen LogP contribution in [0.15, 0.2) is 52.4 Å². The molecule has 4 nitrogen and oxygen atoms in total. The summed E-state index contributed by atoms with van der Waals surface area (Å²) < 4.78 is 84.6. The summed E-state index contributed by atoms with van der Waals surface area (Å²) >= 11 is 6.18. The first-order chi connectivity index (χ1) is 21.8. The lowest BCUT2D eigenvalue weighted by molar-refractivity contribution is -0.138. The van der Waals surface area contributed by atoms with E-state index < -0.39 is 23.5 Å². The van der Waals surface area contributed by atoms with Gasteiger partial charge in [-0.2, -0.15) is 26.3 Å². The number of benzene rings is 3. The number of nitrogens with zero attached hydrogens (tertiary/aromatic N) is 4. The maximum atomic E-state index is 14.3. The Morgan fingerprint density at radius 3 is 1.85 bits per heavy atom. The highest BCUT2D eigenvalue weighted by molar-refractivity contribution is 6.31. The molecular weight excluding hydrogens is 638 g/mol. The Hall–Kier alpha value is -3.53. The van der Waals surface area contributed by atoms with Crippen molar-refractivity contribution in [3.63, 3.8) is 0 Å². The van der Waals surface area contributed by atoms with Gasteiger partial charge in [-0.1, -0.05) is 68.6 Å². The summed E-state index contributed by atoms with van der Waals surface area (Å²) in [4.78, 5) is 13.3. The summed E-state index contributed by atoms with van der Waals surface area (Å²) in [5, 5.41) is -0.201. The summed E-state index contributed by atoms with van der Waals surface area (Å²) in [6, 6.07) is 9.83. The molecule has 4 rings (SSSR count). The summed E-state index contributed by atoms with van der Waals surface area (Å²) in [6.07, 6.45) is -8.89. The minimum atomic E-state index is -4.74. The Balaban J connectivity index is 1.88. The minimum absolute atomic E-state index is 0.0305. The molecule has 1 aliphatic heterocycles. The SMILES string of the molecule is CC(=Nc1c(C(C)C)cc(C)cc1C(C)C)N1CCCN(C(=Nc2c(C)cc(C)cc2C(F)(F)F)c2cc(Cl)cc(C(F)(F)F)c2)C1. The van der Waals surface area contributed by atoms with Crippen LogP contribution in [0.3, 0.4) is 0 Å². The van der Waals surface area contributed by atoms with Crippen LogP contribution in [0.25, 0.3) is 0 Å². The summed E-state index contributed by atoms with van der Waals surface area (Å²) in [6.45, 7) is 16.5. The second-order valence-corrected chi connectivity index (χ2v) is 13.4. The molecule has 1 fully saturated rings. The molecular formula is C36H41ClF6N4. The molecule has 0 atom stereocenters. The monoisotopic (exact) mass is 678 g/mol. The zero-order valence-corrected chi connectivity index (χ0v) is 28.7. The average Bonchev–Trinajstić information content (AvgIpc) is 2.95. The Morgan fingerprint density at radius 1 is 0.723 bits per heavy atom. The average molecular weight is 679 g/mol. The molecule has 3 aromatic carbocycles. The summed E-state index contributed by atoms with van der Waals surface area (Å²) in [5.41, 5.74) is 2.54. The van der Waals surface area contributed by atoms with E-state index in [9.17, 15) is 26.3 Å². The van der Waals surface area contributed by atoms with Gasteiger partial charge in [0.05, 0.1) is 29.2 Å². The largest absolute Gasteiger partial charge is 0.418 e. The molecule has 47 heavy (non-hydrogen) atoms. The molecule has 0 spiro atoms. The van der Waals surface area contributed by atoms with E-state index in [2.05, 4.69) is 51.7 Å². The highest BCUT2D eigenvalue weighted by Gasteiger charge is 2.36. The second-order valence-electron chi connectivity index (χ2n) is 12.9. The Kier molecular flexibility index (Phi) is 10.7. The number of aliphatic imine (C=N–C) groups is 2. The van der Waals surface area contributed by atoms with Gasteiger partial charge in [-0.3, -0.25) is 0 Å². The zero-order valence-electron chi connectivity index (χ0n) is 28.0. The Morgan fingerprint density at radius 2 is 1.30 bits per heavy atom. The highest BCUT2D eigenvalue weighted by Crippen LogP contribution is 2.41. The molecule has 0 aliphatic carbocycles. The molecule has 1 saturated heterocycles. The van der Waals surface area contributed by atoms with Crippen molar-refractivity contribution in [2.24, 2.45) is 9.98 Å². The lowest BCUT2D eigenvalue weighted by Crippen LogP contribution is -2.49. The first-order valence-corrected chi connectivity index (χ1v) is 16.0. The normalized spacial score (nSPS) is 15.3. The predicted molar refractivity (Wildman–Crippen MR) is 179 cm³/mol. The fourth-order valence-corrected chi connectivity index (χ4v) is 6.18. The van der Waals surface area contributed by atoms with E-state index in [1.807, 2.05) is 11.8 Å². The van der Waals surface area contributed by atoms with Gasteiger partial charge in [-0.05, 0) is 86.9 Å². The van der Waals surface area contributed by atoms with Crippen molar-refractivity contribution in [2.45, 2.75) is 86.0 Å². The van der Waals surface area contributed by atoms with Crippen molar-refractivity contribution in [3.05, 3.63) is 92.0 Å². The van der Waals surface area contributed by atoms with E-state index >= 15 is 0 Å². The quantitative estimate of drug-likeness (QED) is 0.153. The number of alkyl halides is 6. The van der Waals surface area contributed by atoms with Crippen LogP contribution in [0.2, 0.25) is 5.02 Å². The highest BCUT2D eigenvalue weighted by atomic mass is 35.5. The Labute approximate surface area is 278 Å². The Bertz CT molecular complexity index is 1660. The van der Waals surface area contributed by atoms with Crippen molar-refractivity contribution in [1.29, 1.82) is 0 Å². The van der Waals surface area contributed by atoms with E-state index in [0.717, 1.165) is 40.6 Å². The molecule has 0 saturated carbocycles. The lowest BCUT2D eigenvalue weighted by atomic mass is 9.91. The van der Waals surface area contributed by atoms with Crippen LogP contribution >= 0.6 is 11.6 Å². The topological polar surface area (TPSA) is 31.2 Å². The van der Waals surface area contributed by atoms with Crippen LogP contribution in [0, 0.1) is 20.8 Å². The standard InChI is InChI=1S/C36H41ClF6N4/c1-20(2)29-13-23(6)14-30(21(3)4)33(29)44-25(8)46-10-9-11-47(19-46)34(26-16-27(35(38,39)40)18-28(37)17-26)45-32-24(7)12-22(5)15-31(32)36(41,42)43/h12-18,20-21H,9-11,19H2,1-8H3. The summed E-state index contributed by atoms with van der Waals surface area (Å²) in [5.74, 6) is 1.07. The van der Waals surface area contributed by atoms with Gasteiger partial charge in [0.15, 0.2) is 0 Å². The van der Waals surface area contributed by atoms with Crippen molar-refractivity contribution in [1.82, 2.24) is 9.80 Å². The molecule has 11 heteroatoms. The maximum absolute atomic E-state index is 14.3. The molecule has 0 N–H and O–H groups in total. The van der Waals surface area contributed by atoms with Gasteiger partial charge in [-0.25, -0.2) is 9.98 Å². The number of halogens is 7. The third-order valence-electron chi connectivity index (χ3n) is 8.24. The van der Waals surface area contributed by atoms with Gasteiger partial charge in [-0.15, -0.1) is 0 Å². The second kappa shape index (κ2) is 13.9. The van der Waals surface area contributed by atoms with E-state index in [4.69, 9.17) is 16.6 Å². The van der Waals surface area contributed by atoms with Crippen LogP contribution in [0.1, 0.15) is 97.4 Å². The van der Waals surface area contributed by atoms with Gasteiger partial charge in [0.1, 0.15) is 11.7 Å². The number of rotatable bonds is 5. The minimum Gasteiger partial charge on any atom is -0.342 e. The van der Waals surface area contributed by atoms with Crippen LogP contribution in [-0.4, -0.2) is 41.2 Å². The van der Waals surface area contributed by atoms with Crippen LogP contribution in [0.5, 0.6) is 0 Å². The molecule has 3 aromatic rings. The van der Waals surface area contributed by atoms with E-state index in [-0.39, 0.29) is 46.2 Å². The van der Waals surface area contributed by atoms with Crippen molar-refractivity contribution < 1.29 is 26.3 Å². The first kappa shape index (κ1) is 36.3. The van der Waals surface area contributed by atoms with Gasteiger partial charge in [0.25, 0.3) is 0 Å². The van der Waals surface area contributed by atoms with Crippen LogP contribution < -0.4 is 0 Å². The maximum Gasteiger partial charge on any atom is 0.418 e. The molecule has 1 heterocycles. The van der Waals surface area contributed by atoms with Gasteiger partial charge in [0.2, 0.25) is 0 Å². The molecule has 0 amide bonds. The number of aryl methyl sites for hydroxylation is 3. The number of hydrogen-bond donors (Lipinski definition) is 0. The summed E-state index contributed by atoms with van der Waals surface area (Å²) in [7, 11) is 0. The van der Waals surface area contributed by atoms with Crippen LogP contribution in [0.4, 0.5) is 37.7 Å². The van der Waals surface area contributed by atoms with E-state index in [0.29, 0.717) is 30.9 Å². The molecule has 0 unspecified atom stereocenters. The third-order valence-corrected chi connectivity index (χ3v) is 8.45. The zero-order chi connectivity index (χ0) is 35.0. The lowest BCUT2D eigenvalue weighted by Gasteiger charge is -2.39.